The van der Waals surface area contributed by atoms with E-state index in [9.17, 15) is 101 Å². The molecule has 0 spiro atoms. The third-order valence-corrected chi connectivity index (χ3v) is 5.18. The standard InChI is InChI=1S/C19H14F22O3/c1-7(2)9(42)44-8(6-43-4-3-10(20,21)12(24,25)16(32,33)18(36,37)38)5-11(22,23)13(26,27)14(28,29)15(30,31)17(34,35)19(39,40)41/h8H,1,3-6H2,2H3. The van der Waals surface area contributed by atoms with Crippen molar-refractivity contribution in [3.8, 4) is 0 Å². The first-order chi connectivity index (χ1) is 18.9. The topological polar surface area (TPSA) is 35.5 Å². The fourth-order valence-corrected chi connectivity index (χ4v) is 2.58. The van der Waals surface area contributed by atoms with Crippen LogP contribution < -0.4 is 0 Å². The monoisotopic (exact) mass is 708 g/mol. The van der Waals surface area contributed by atoms with Crippen molar-refractivity contribution in [3.05, 3.63) is 12.2 Å². The van der Waals surface area contributed by atoms with E-state index in [4.69, 9.17) is 0 Å². The Morgan fingerprint density at radius 1 is 0.568 bits per heavy atom. The van der Waals surface area contributed by atoms with Gasteiger partial charge in [-0.2, -0.15) is 96.6 Å². The minimum atomic E-state index is -8.32. The highest BCUT2D eigenvalue weighted by Crippen LogP contribution is 2.61. The Bertz CT molecular complexity index is 1020. The van der Waals surface area contributed by atoms with Gasteiger partial charge in [-0.25, -0.2) is 4.79 Å². The van der Waals surface area contributed by atoms with Crippen LogP contribution in [0.15, 0.2) is 12.2 Å². The third-order valence-electron chi connectivity index (χ3n) is 5.18. The Labute approximate surface area is 229 Å². The fourth-order valence-electron chi connectivity index (χ4n) is 2.58. The first kappa shape index (κ1) is 41.6. The normalized spacial score (nSPS) is 16.2. The zero-order chi connectivity index (χ0) is 36.0. The highest BCUT2D eigenvalue weighted by molar-refractivity contribution is 5.87. The predicted molar refractivity (Wildman–Crippen MR) is 96.4 cm³/mol. The van der Waals surface area contributed by atoms with E-state index in [0.717, 1.165) is 0 Å². The molecular formula is C19H14F22O3. The molecule has 25 heteroatoms. The summed E-state index contributed by atoms with van der Waals surface area (Å²) in [6, 6.07) is 0. The Morgan fingerprint density at radius 3 is 1.27 bits per heavy atom. The third kappa shape index (κ3) is 7.20. The van der Waals surface area contributed by atoms with Gasteiger partial charge in [-0.3, -0.25) is 0 Å². The largest absolute Gasteiger partial charge is 0.460 e. The molecule has 0 saturated carbocycles. The minimum Gasteiger partial charge on any atom is -0.456 e. The lowest BCUT2D eigenvalue weighted by atomic mass is 9.91. The van der Waals surface area contributed by atoms with E-state index >= 15 is 0 Å². The number of hydrogen-bond acceptors (Lipinski definition) is 3. The van der Waals surface area contributed by atoms with Crippen LogP contribution in [-0.2, 0) is 14.3 Å². The molecule has 0 aliphatic carbocycles. The minimum absolute atomic E-state index is 0.629. The van der Waals surface area contributed by atoms with Crippen molar-refractivity contribution in [1.29, 1.82) is 0 Å². The van der Waals surface area contributed by atoms with Gasteiger partial charge in [0, 0.05) is 12.0 Å². The van der Waals surface area contributed by atoms with E-state index in [1.807, 2.05) is 0 Å². The van der Waals surface area contributed by atoms with E-state index < -0.39 is 103 Å². The molecule has 0 aromatic heterocycles. The molecule has 262 valence electrons. The van der Waals surface area contributed by atoms with E-state index in [1.54, 1.807) is 0 Å². The van der Waals surface area contributed by atoms with Crippen LogP contribution in [0, 0.1) is 0 Å². The van der Waals surface area contributed by atoms with Gasteiger partial charge in [-0.1, -0.05) is 6.58 Å². The van der Waals surface area contributed by atoms with Crippen LogP contribution >= 0.6 is 0 Å². The number of halogens is 22. The Hall–Kier alpha value is -2.37. The molecule has 0 N–H and O–H groups in total. The van der Waals surface area contributed by atoms with E-state index in [-0.39, 0.29) is 0 Å². The molecule has 1 atom stereocenters. The van der Waals surface area contributed by atoms with Crippen LogP contribution in [0.3, 0.4) is 0 Å². The number of alkyl halides is 22. The molecule has 44 heavy (non-hydrogen) atoms. The second-order valence-corrected chi connectivity index (χ2v) is 8.69. The van der Waals surface area contributed by atoms with Crippen molar-refractivity contribution in [2.24, 2.45) is 0 Å². The molecule has 0 aromatic carbocycles. The van der Waals surface area contributed by atoms with Gasteiger partial charge >= 0.3 is 65.7 Å². The Kier molecular flexibility index (Phi) is 11.4. The van der Waals surface area contributed by atoms with E-state index in [1.165, 1.54) is 0 Å². The van der Waals surface area contributed by atoms with Crippen LogP contribution in [-0.4, -0.2) is 85.0 Å². The number of rotatable bonds is 15. The molecule has 0 amide bonds. The SMILES string of the molecule is C=C(C)C(=O)OC(COCCC(F)(F)C(F)(F)C(F)(F)C(F)(F)F)CC(F)(F)C(F)(F)C(F)(F)C(F)(F)C(F)(F)C(F)(F)F. The summed E-state index contributed by atoms with van der Waals surface area (Å²) in [4.78, 5) is 11.5. The van der Waals surface area contributed by atoms with Crippen LogP contribution in [0.2, 0.25) is 0 Å². The molecular weight excluding hydrogens is 694 g/mol. The molecule has 0 aromatic rings. The van der Waals surface area contributed by atoms with Crippen molar-refractivity contribution in [2.45, 2.75) is 85.6 Å². The van der Waals surface area contributed by atoms with Crippen LogP contribution in [0.5, 0.6) is 0 Å². The lowest BCUT2D eigenvalue weighted by Crippen LogP contribution is -2.70. The maximum atomic E-state index is 14.1. The number of esters is 1. The van der Waals surface area contributed by atoms with Gasteiger partial charge < -0.3 is 9.47 Å². The maximum absolute atomic E-state index is 14.1. The Balaban J connectivity index is 6.20. The average molecular weight is 708 g/mol. The number of ether oxygens (including phenoxy) is 2. The molecule has 0 aliphatic heterocycles. The van der Waals surface area contributed by atoms with Crippen molar-refractivity contribution in [3.63, 3.8) is 0 Å². The van der Waals surface area contributed by atoms with Gasteiger partial charge in [0.1, 0.15) is 6.10 Å². The molecule has 0 fully saturated rings. The molecule has 0 rings (SSSR count). The number of carbonyl (C=O) groups is 1. The van der Waals surface area contributed by atoms with Crippen LogP contribution in [0.1, 0.15) is 19.8 Å². The number of carbonyl (C=O) groups excluding carboxylic acids is 1. The molecule has 0 heterocycles. The van der Waals surface area contributed by atoms with Gasteiger partial charge in [0.05, 0.1) is 19.6 Å². The first-order valence-electron chi connectivity index (χ1n) is 10.5. The summed E-state index contributed by atoms with van der Waals surface area (Å²) >= 11 is 0. The van der Waals surface area contributed by atoms with Gasteiger partial charge in [-0.15, -0.1) is 0 Å². The smallest absolute Gasteiger partial charge is 0.456 e. The molecule has 0 saturated heterocycles. The molecule has 0 aliphatic rings. The van der Waals surface area contributed by atoms with Crippen LogP contribution in [0.4, 0.5) is 96.6 Å². The van der Waals surface area contributed by atoms with Crippen molar-refractivity contribution < 1.29 is 111 Å². The number of hydrogen-bond donors (Lipinski definition) is 0. The van der Waals surface area contributed by atoms with Gasteiger partial charge in [0.2, 0.25) is 0 Å². The second kappa shape index (κ2) is 12.1. The summed E-state index contributed by atoms with van der Waals surface area (Å²) in [6.45, 7) is -1.01. The highest BCUT2D eigenvalue weighted by atomic mass is 19.4. The summed E-state index contributed by atoms with van der Waals surface area (Å²) in [5, 5.41) is 0. The molecule has 1 unspecified atom stereocenters. The first-order valence-corrected chi connectivity index (χ1v) is 10.5. The fraction of sp³-hybridized carbons (Fsp3) is 0.842. The van der Waals surface area contributed by atoms with E-state index in [0.29, 0.717) is 6.92 Å². The van der Waals surface area contributed by atoms with Gasteiger partial charge in [-0.05, 0) is 6.92 Å². The summed E-state index contributed by atoms with van der Waals surface area (Å²) in [6.07, 6.45) is -24.5. The summed E-state index contributed by atoms with van der Waals surface area (Å²) in [7, 11) is 0. The summed E-state index contributed by atoms with van der Waals surface area (Å²) < 4.78 is 296. The lowest BCUT2D eigenvalue weighted by molar-refractivity contribution is -0.440. The summed E-state index contributed by atoms with van der Waals surface area (Å²) in [5.41, 5.74) is -0.910. The zero-order valence-electron chi connectivity index (χ0n) is 20.7. The van der Waals surface area contributed by atoms with Gasteiger partial charge in [0.25, 0.3) is 0 Å². The summed E-state index contributed by atoms with van der Waals surface area (Å²) in [5.74, 6) is -62.6. The second-order valence-electron chi connectivity index (χ2n) is 8.69. The average Bonchev–Trinajstić information content (AvgIpc) is 2.79. The van der Waals surface area contributed by atoms with E-state index in [2.05, 4.69) is 16.1 Å². The quantitative estimate of drug-likeness (QED) is 0.0742. The Morgan fingerprint density at radius 2 is 0.909 bits per heavy atom. The predicted octanol–water partition coefficient (Wildman–Crippen LogP) is 8.48. The molecule has 0 bridgehead atoms. The molecule has 0 radical (unpaired) electrons. The lowest BCUT2D eigenvalue weighted by Gasteiger charge is -2.40. The van der Waals surface area contributed by atoms with Crippen molar-refractivity contribution >= 4 is 5.97 Å². The molecule has 3 nitrogen and oxygen atoms in total. The van der Waals surface area contributed by atoms with Crippen molar-refractivity contribution in [2.75, 3.05) is 13.2 Å². The van der Waals surface area contributed by atoms with Crippen molar-refractivity contribution in [1.82, 2.24) is 0 Å². The van der Waals surface area contributed by atoms with Crippen LogP contribution in [0.25, 0.3) is 0 Å². The maximum Gasteiger partial charge on any atom is 0.460 e. The van der Waals surface area contributed by atoms with Gasteiger partial charge in [0.15, 0.2) is 0 Å². The highest BCUT2D eigenvalue weighted by Gasteiger charge is 2.90. The zero-order valence-corrected chi connectivity index (χ0v) is 20.7.